The molecule has 1 aliphatic heterocycles. The van der Waals surface area contributed by atoms with E-state index in [1.165, 1.54) is 4.68 Å². The van der Waals surface area contributed by atoms with Gasteiger partial charge in [0.05, 0.1) is 29.4 Å². The number of carbonyl (C=O) groups is 3. The third kappa shape index (κ3) is 7.57. The van der Waals surface area contributed by atoms with Crippen LogP contribution in [0.15, 0.2) is 36.4 Å². The minimum absolute atomic E-state index is 0.115. The average Bonchev–Trinajstić information content (AvgIpc) is 4.04. The summed E-state index contributed by atoms with van der Waals surface area (Å²) in [4.78, 5) is 52.9. The maximum absolute atomic E-state index is 14.4. The van der Waals surface area contributed by atoms with E-state index in [1.54, 1.807) is 60.8 Å². The van der Waals surface area contributed by atoms with Crippen LogP contribution >= 0.6 is 11.6 Å². The number of benzene rings is 2. The zero-order chi connectivity index (χ0) is 43.5. The SMILES string of the molecule is COc1ccc2c(c1)[C@]1(CC1c1ccc3c(Nc4nc(C5CC5)nc(C5CC(O[Si](C)(C)C(C)(C)C)C5)c4Cl)nn(C(=O)OC(C)(C)C)c3c1)C(=O)N2C(=O)OC(C)(C)C. The summed E-state index contributed by atoms with van der Waals surface area (Å²) in [6.45, 7) is 22.0. The highest BCUT2D eigenvalue weighted by molar-refractivity contribution is 6.74. The first-order valence-electron chi connectivity index (χ1n) is 20.9. The normalized spacial score (nSPS) is 22.8. The molecule has 3 heterocycles. The molecule has 3 saturated carbocycles. The fraction of sp³-hybridized carbons (Fsp3) is 0.556. The Labute approximate surface area is 358 Å². The van der Waals surface area contributed by atoms with Gasteiger partial charge in [-0.1, -0.05) is 38.4 Å². The van der Waals surface area contributed by atoms with Crippen molar-refractivity contribution in [3.8, 4) is 5.75 Å². The molecule has 0 bridgehead atoms. The van der Waals surface area contributed by atoms with Crippen molar-refractivity contribution >= 4 is 66.2 Å². The van der Waals surface area contributed by atoms with Crippen LogP contribution in [0.2, 0.25) is 23.2 Å². The number of hydrogen-bond acceptors (Lipinski definition) is 11. The number of anilines is 3. The van der Waals surface area contributed by atoms with E-state index in [2.05, 4.69) is 39.2 Å². The van der Waals surface area contributed by atoms with E-state index in [0.717, 1.165) is 47.7 Å². The summed E-state index contributed by atoms with van der Waals surface area (Å²) < 4.78 is 25.1. The van der Waals surface area contributed by atoms with Crippen LogP contribution in [0.5, 0.6) is 5.75 Å². The molecule has 8 rings (SSSR count). The number of hydrogen-bond donors (Lipinski definition) is 1. The standard InChI is InChI=1S/C45H57ClN6O7Si/c1-42(2,3)57-40(54)51-32-18-16-27(56-10)22-30(32)45(39(51)53)23-31(45)25-15-17-29-33(21-25)52(41(55)58-43(4,5)6)50-37(29)49-38-34(46)35(47-36(48-38)24-13-14-24)26-19-28(20-26)59-60(11,12)44(7,8)9/h15-18,21-22,24,26,28,31H,13-14,19-20,23H2,1-12H3,(H,47,48,49,50)/t26?,28?,31?,45-/m0/s1. The van der Waals surface area contributed by atoms with Crippen molar-refractivity contribution in [1.29, 1.82) is 0 Å². The van der Waals surface area contributed by atoms with Crippen molar-refractivity contribution in [2.45, 2.75) is 153 Å². The number of nitrogens with one attached hydrogen (secondary N) is 1. The lowest BCUT2D eigenvalue weighted by Gasteiger charge is -2.44. The van der Waals surface area contributed by atoms with Crippen LogP contribution in [0.3, 0.4) is 0 Å². The lowest BCUT2D eigenvalue weighted by atomic mass is 9.80. The molecular formula is C45H57ClN6O7Si. The van der Waals surface area contributed by atoms with Crippen LogP contribution in [0, 0.1) is 0 Å². The minimum atomic E-state index is -1.94. The van der Waals surface area contributed by atoms with E-state index in [1.807, 2.05) is 24.3 Å². The minimum Gasteiger partial charge on any atom is -0.497 e. The van der Waals surface area contributed by atoms with Gasteiger partial charge in [0.25, 0.3) is 0 Å². The largest absolute Gasteiger partial charge is 0.497 e. The molecule has 2 aromatic carbocycles. The molecule has 4 aliphatic rings. The molecule has 0 radical (unpaired) electrons. The van der Waals surface area contributed by atoms with E-state index in [0.29, 0.717) is 51.0 Å². The monoisotopic (exact) mass is 856 g/mol. The molecule has 2 amide bonds. The summed E-state index contributed by atoms with van der Waals surface area (Å²) in [5.74, 6) is 1.84. The van der Waals surface area contributed by atoms with Gasteiger partial charge in [-0.2, -0.15) is 4.68 Å². The lowest BCUT2D eigenvalue weighted by molar-refractivity contribution is -0.120. The second-order valence-corrected chi connectivity index (χ2v) is 25.6. The summed E-state index contributed by atoms with van der Waals surface area (Å²) in [5.41, 5.74) is 0.593. The highest BCUT2D eigenvalue weighted by atomic mass is 35.5. The molecule has 1 unspecified atom stereocenters. The molecule has 4 aromatic rings. The van der Waals surface area contributed by atoms with Gasteiger partial charge >= 0.3 is 12.2 Å². The Morgan fingerprint density at radius 2 is 1.55 bits per heavy atom. The maximum Gasteiger partial charge on any atom is 0.435 e. The number of carbonyl (C=O) groups excluding carboxylic acids is 3. The summed E-state index contributed by atoms with van der Waals surface area (Å²) in [6.07, 6.45) is 2.90. The van der Waals surface area contributed by atoms with Crippen LogP contribution in [0.1, 0.15) is 135 Å². The smallest absolute Gasteiger partial charge is 0.435 e. The quantitative estimate of drug-likeness (QED) is 0.169. The van der Waals surface area contributed by atoms with Crippen molar-refractivity contribution in [1.82, 2.24) is 19.7 Å². The Morgan fingerprint density at radius 3 is 2.17 bits per heavy atom. The molecular weight excluding hydrogens is 800 g/mol. The zero-order valence-electron chi connectivity index (χ0n) is 36.8. The van der Waals surface area contributed by atoms with Gasteiger partial charge in [-0.05, 0) is 133 Å². The molecule has 1 N–H and O–H groups in total. The number of amides is 2. The van der Waals surface area contributed by atoms with Crippen molar-refractivity contribution in [3.05, 3.63) is 64.1 Å². The van der Waals surface area contributed by atoms with Crippen LogP contribution < -0.4 is 15.0 Å². The highest BCUT2D eigenvalue weighted by Gasteiger charge is 2.68. The number of ether oxygens (including phenoxy) is 3. The number of fused-ring (bicyclic) bond motifs is 3. The van der Waals surface area contributed by atoms with Gasteiger partial charge in [0.1, 0.15) is 27.8 Å². The van der Waals surface area contributed by atoms with E-state index in [-0.39, 0.29) is 34.8 Å². The number of methoxy groups -OCH3 is 1. The summed E-state index contributed by atoms with van der Waals surface area (Å²) in [6, 6.07) is 11.0. The Hall–Kier alpha value is -4.53. The number of aromatic nitrogens is 4. The first-order chi connectivity index (χ1) is 27.9. The second kappa shape index (κ2) is 14.3. The van der Waals surface area contributed by atoms with E-state index >= 15 is 0 Å². The number of nitrogens with zero attached hydrogens (tertiary/aromatic N) is 5. The second-order valence-electron chi connectivity index (χ2n) is 20.4. The van der Waals surface area contributed by atoms with E-state index < -0.39 is 37.1 Å². The van der Waals surface area contributed by atoms with Crippen LogP contribution in [0.4, 0.5) is 26.9 Å². The van der Waals surface area contributed by atoms with Crippen molar-refractivity contribution in [2.24, 2.45) is 0 Å². The van der Waals surface area contributed by atoms with Crippen LogP contribution in [0.25, 0.3) is 10.9 Å². The Kier molecular flexibility index (Phi) is 10.0. The fourth-order valence-corrected chi connectivity index (χ4v) is 9.81. The Balaban J connectivity index is 1.14. The van der Waals surface area contributed by atoms with Gasteiger partial charge in [-0.25, -0.2) is 24.5 Å². The molecule has 3 aliphatic carbocycles. The van der Waals surface area contributed by atoms with Crippen molar-refractivity contribution in [2.75, 3.05) is 17.3 Å². The van der Waals surface area contributed by atoms with Gasteiger partial charge in [0.2, 0.25) is 5.91 Å². The number of rotatable bonds is 8. The Morgan fingerprint density at radius 1 is 0.883 bits per heavy atom. The van der Waals surface area contributed by atoms with Gasteiger partial charge in [0, 0.05) is 29.2 Å². The fourth-order valence-electron chi connectivity index (χ4n) is 8.14. The average molecular weight is 858 g/mol. The topological polar surface area (TPSA) is 147 Å². The highest BCUT2D eigenvalue weighted by Crippen LogP contribution is 2.67. The van der Waals surface area contributed by atoms with Crippen LogP contribution in [-0.4, -0.2) is 70.6 Å². The predicted octanol–water partition coefficient (Wildman–Crippen LogP) is 10.9. The van der Waals surface area contributed by atoms with Gasteiger partial charge in [-0.3, -0.25) is 4.79 Å². The molecule has 2 aromatic heterocycles. The predicted molar refractivity (Wildman–Crippen MR) is 233 cm³/mol. The first kappa shape index (κ1) is 42.2. The molecule has 15 heteroatoms. The summed E-state index contributed by atoms with van der Waals surface area (Å²) >= 11 is 7.19. The summed E-state index contributed by atoms with van der Waals surface area (Å²) in [7, 11) is -0.371. The third-order valence-corrected chi connectivity index (χ3v) is 17.5. The first-order valence-corrected chi connectivity index (χ1v) is 24.2. The molecule has 1 spiro atoms. The van der Waals surface area contributed by atoms with Gasteiger partial charge < -0.3 is 24.0 Å². The molecule has 320 valence electrons. The maximum atomic E-state index is 14.4. The van der Waals surface area contributed by atoms with Gasteiger partial charge in [0.15, 0.2) is 20.0 Å². The molecule has 2 atom stereocenters. The van der Waals surface area contributed by atoms with Gasteiger partial charge in [-0.15, -0.1) is 5.10 Å². The number of imide groups is 1. The molecule has 0 saturated heterocycles. The lowest BCUT2D eigenvalue weighted by Crippen LogP contribution is -2.47. The van der Waals surface area contributed by atoms with E-state index in [9.17, 15) is 14.4 Å². The van der Waals surface area contributed by atoms with Crippen molar-refractivity contribution < 1.29 is 33.0 Å². The molecule has 3 fully saturated rings. The third-order valence-electron chi connectivity index (χ3n) is 12.5. The van der Waals surface area contributed by atoms with Crippen LogP contribution in [-0.2, 0) is 24.1 Å². The number of halogens is 1. The van der Waals surface area contributed by atoms with E-state index in [4.69, 9.17) is 45.3 Å². The zero-order valence-corrected chi connectivity index (χ0v) is 38.5. The Bertz CT molecular complexity index is 2420. The summed E-state index contributed by atoms with van der Waals surface area (Å²) in [5, 5.41) is 9.35. The van der Waals surface area contributed by atoms with Crippen molar-refractivity contribution in [3.63, 3.8) is 0 Å². The molecule has 13 nitrogen and oxygen atoms in total. The molecule has 60 heavy (non-hydrogen) atoms.